The predicted octanol–water partition coefficient (Wildman–Crippen LogP) is 4.30. The van der Waals surface area contributed by atoms with E-state index in [0.29, 0.717) is 6.42 Å². The summed E-state index contributed by atoms with van der Waals surface area (Å²) in [7, 11) is 0. The van der Waals surface area contributed by atoms with Crippen molar-refractivity contribution in [2.75, 3.05) is 0 Å². The van der Waals surface area contributed by atoms with Crippen LogP contribution in [0.5, 0.6) is 0 Å². The van der Waals surface area contributed by atoms with E-state index in [0.717, 1.165) is 36.8 Å². The maximum atomic E-state index is 12.8. The van der Waals surface area contributed by atoms with Crippen LogP contribution in [-0.2, 0) is 11.2 Å². The van der Waals surface area contributed by atoms with Crippen molar-refractivity contribution in [2.45, 2.75) is 65.4 Å². The van der Waals surface area contributed by atoms with Gasteiger partial charge in [-0.15, -0.1) is 0 Å². The number of carbonyl (C=O) groups is 1. The SMILES string of the molecule is CC1=CC(=O)[C@@H]2C(C)(C)CCC[C@]2(C)[C@]1(O)CCc1ccoc1. The molecular weight excluding hydrogens is 288 g/mol. The quantitative estimate of drug-likeness (QED) is 0.904. The minimum atomic E-state index is -0.930. The van der Waals surface area contributed by atoms with Gasteiger partial charge in [-0.25, -0.2) is 0 Å². The van der Waals surface area contributed by atoms with Crippen molar-refractivity contribution >= 4 is 5.78 Å². The molecule has 3 heteroatoms. The third-order valence-corrected chi connectivity index (χ3v) is 6.53. The molecule has 3 atom stereocenters. The summed E-state index contributed by atoms with van der Waals surface area (Å²) in [4.78, 5) is 12.8. The van der Waals surface area contributed by atoms with Crippen LogP contribution in [0.2, 0.25) is 0 Å². The molecule has 23 heavy (non-hydrogen) atoms. The Kier molecular flexibility index (Phi) is 3.83. The van der Waals surface area contributed by atoms with Gasteiger partial charge in [-0.1, -0.05) is 27.2 Å². The molecule has 0 bridgehead atoms. The third kappa shape index (κ3) is 2.40. The Morgan fingerprint density at radius 2 is 2.04 bits per heavy atom. The lowest BCUT2D eigenvalue weighted by Gasteiger charge is -2.59. The lowest BCUT2D eigenvalue weighted by molar-refractivity contribution is -0.163. The van der Waals surface area contributed by atoms with E-state index < -0.39 is 11.0 Å². The number of hydrogen-bond donors (Lipinski definition) is 1. The Hall–Kier alpha value is -1.35. The molecule has 1 heterocycles. The Morgan fingerprint density at radius 1 is 1.30 bits per heavy atom. The Balaban J connectivity index is 2.00. The molecule has 1 saturated carbocycles. The van der Waals surface area contributed by atoms with E-state index in [1.54, 1.807) is 18.6 Å². The van der Waals surface area contributed by atoms with Gasteiger partial charge in [0.05, 0.1) is 18.1 Å². The fourth-order valence-electron chi connectivity index (χ4n) is 5.32. The van der Waals surface area contributed by atoms with Gasteiger partial charge in [0.2, 0.25) is 0 Å². The molecule has 2 aliphatic carbocycles. The maximum Gasteiger partial charge on any atom is 0.160 e. The van der Waals surface area contributed by atoms with Gasteiger partial charge in [0.25, 0.3) is 0 Å². The second kappa shape index (κ2) is 5.34. The average molecular weight is 316 g/mol. The average Bonchev–Trinajstić information content (AvgIpc) is 2.95. The molecule has 1 N–H and O–H groups in total. The maximum absolute atomic E-state index is 12.8. The molecule has 0 unspecified atom stereocenters. The number of furan rings is 1. The van der Waals surface area contributed by atoms with Gasteiger partial charge < -0.3 is 9.52 Å². The molecule has 1 aromatic heterocycles. The van der Waals surface area contributed by atoms with Gasteiger partial charge in [-0.05, 0) is 61.3 Å². The van der Waals surface area contributed by atoms with Gasteiger partial charge in [-0.3, -0.25) is 4.79 Å². The van der Waals surface area contributed by atoms with E-state index in [4.69, 9.17) is 4.42 Å². The van der Waals surface area contributed by atoms with Crippen LogP contribution in [0.15, 0.2) is 34.7 Å². The Morgan fingerprint density at radius 3 is 2.70 bits per heavy atom. The van der Waals surface area contributed by atoms with E-state index in [2.05, 4.69) is 20.8 Å². The number of carbonyl (C=O) groups excluding carboxylic acids is 1. The summed E-state index contributed by atoms with van der Waals surface area (Å²) in [5.74, 6) is 0.0875. The number of allylic oxidation sites excluding steroid dienone is 1. The second-order valence-electron chi connectivity index (χ2n) is 8.41. The molecule has 3 nitrogen and oxygen atoms in total. The molecule has 1 aromatic rings. The van der Waals surface area contributed by atoms with Crippen LogP contribution in [0.3, 0.4) is 0 Å². The van der Waals surface area contributed by atoms with E-state index in [1.807, 2.05) is 13.0 Å². The zero-order chi connectivity index (χ0) is 16.9. The number of aryl methyl sites for hydroxylation is 1. The highest BCUT2D eigenvalue weighted by molar-refractivity contribution is 5.95. The topological polar surface area (TPSA) is 50.4 Å². The number of fused-ring (bicyclic) bond motifs is 1. The minimum absolute atomic E-state index is 0.0646. The standard InChI is InChI=1S/C20H28O3/c1-14-12-16(21)17-18(2,3)8-5-9-19(17,4)20(14,22)10-6-15-7-11-23-13-15/h7,11-13,17,22H,5-6,8-10H2,1-4H3/t17-,19+,20+/m1/s1. The summed E-state index contributed by atoms with van der Waals surface area (Å²) in [5.41, 5.74) is 0.528. The van der Waals surface area contributed by atoms with Gasteiger partial charge in [0.1, 0.15) is 0 Å². The molecule has 0 spiro atoms. The van der Waals surface area contributed by atoms with Crippen molar-refractivity contribution in [1.82, 2.24) is 0 Å². The zero-order valence-corrected chi connectivity index (χ0v) is 14.7. The summed E-state index contributed by atoms with van der Waals surface area (Å²) in [5, 5.41) is 11.7. The monoisotopic (exact) mass is 316 g/mol. The largest absolute Gasteiger partial charge is 0.472 e. The summed E-state index contributed by atoms with van der Waals surface area (Å²) < 4.78 is 5.15. The van der Waals surface area contributed by atoms with Gasteiger partial charge in [0.15, 0.2) is 5.78 Å². The molecule has 0 aliphatic heterocycles. The first-order valence-electron chi connectivity index (χ1n) is 8.67. The van der Waals surface area contributed by atoms with Crippen LogP contribution in [0.4, 0.5) is 0 Å². The van der Waals surface area contributed by atoms with Crippen molar-refractivity contribution in [3.05, 3.63) is 35.8 Å². The summed E-state index contributed by atoms with van der Waals surface area (Å²) in [6.07, 6.45) is 9.51. The van der Waals surface area contributed by atoms with Crippen molar-refractivity contribution in [2.24, 2.45) is 16.7 Å². The fourth-order valence-corrected chi connectivity index (χ4v) is 5.32. The number of hydrogen-bond acceptors (Lipinski definition) is 3. The molecule has 3 rings (SSSR count). The normalized spacial score (nSPS) is 36.5. The van der Waals surface area contributed by atoms with E-state index >= 15 is 0 Å². The lowest BCUT2D eigenvalue weighted by atomic mass is 9.46. The first kappa shape index (κ1) is 16.5. The Bertz CT molecular complexity index is 625. The van der Waals surface area contributed by atoms with Crippen LogP contribution in [0, 0.1) is 16.7 Å². The van der Waals surface area contributed by atoms with Gasteiger partial charge in [0, 0.05) is 11.3 Å². The first-order chi connectivity index (χ1) is 10.7. The van der Waals surface area contributed by atoms with E-state index in [-0.39, 0.29) is 17.1 Å². The van der Waals surface area contributed by atoms with Crippen LogP contribution in [-0.4, -0.2) is 16.5 Å². The van der Waals surface area contributed by atoms with Gasteiger partial charge in [-0.2, -0.15) is 0 Å². The van der Waals surface area contributed by atoms with Crippen LogP contribution in [0.25, 0.3) is 0 Å². The highest BCUT2D eigenvalue weighted by Gasteiger charge is 2.61. The Labute approximate surface area is 138 Å². The third-order valence-electron chi connectivity index (χ3n) is 6.53. The molecule has 1 fully saturated rings. The minimum Gasteiger partial charge on any atom is -0.472 e. The summed E-state index contributed by atoms with van der Waals surface area (Å²) >= 11 is 0. The summed E-state index contributed by atoms with van der Waals surface area (Å²) in [6, 6.07) is 1.95. The highest BCUT2D eigenvalue weighted by Crippen LogP contribution is 2.61. The van der Waals surface area contributed by atoms with Crippen LogP contribution >= 0.6 is 0 Å². The molecule has 0 aromatic carbocycles. The fraction of sp³-hybridized carbons (Fsp3) is 0.650. The van der Waals surface area contributed by atoms with E-state index in [9.17, 15) is 9.90 Å². The predicted molar refractivity (Wildman–Crippen MR) is 90.0 cm³/mol. The zero-order valence-electron chi connectivity index (χ0n) is 14.7. The highest BCUT2D eigenvalue weighted by atomic mass is 16.3. The van der Waals surface area contributed by atoms with E-state index in [1.165, 1.54) is 0 Å². The number of aliphatic hydroxyl groups is 1. The molecule has 0 saturated heterocycles. The second-order valence-corrected chi connectivity index (χ2v) is 8.41. The smallest absolute Gasteiger partial charge is 0.160 e. The van der Waals surface area contributed by atoms with Crippen molar-refractivity contribution in [3.8, 4) is 0 Å². The summed E-state index contributed by atoms with van der Waals surface area (Å²) in [6.45, 7) is 8.40. The number of ketones is 1. The molecular formula is C20H28O3. The number of rotatable bonds is 3. The lowest BCUT2D eigenvalue weighted by Crippen LogP contribution is -2.61. The molecule has 0 radical (unpaired) electrons. The molecule has 2 aliphatic rings. The molecule has 0 amide bonds. The van der Waals surface area contributed by atoms with Crippen LogP contribution in [0.1, 0.15) is 58.9 Å². The molecule has 126 valence electrons. The van der Waals surface area contributed by atoms with Crippen LogP contribution < -0.4 is 0 Å². The van der Waals surface area contributed by atoms with Crippen molar-refractivity contribution in [3.63, 3.8) is 0 Å². The van der Waals surface area contributed by atoms with Crippen molar-refractivity contribution in [1.29, 1.82) is 0 Å². The van der Waals surface area contributed by atoms with Crippen molar-refractivity contribution < 1.29 is 14.3 Å². The first-order valence-corrected chi connectivity index (χ1v) is 8.67. The van der Waals surface area contributed by atoms with Gasteiger partial charge >= 0.3 is 0 Å².